The van der Waals surface area contributed by atoms with Crippen LogP contribution in [0.25, 0.3) is 62.2 Å². The molecule has 0 saturated carbocycles. The first kappa shape index (κ1) is 16.9. The largest absolute Gasteiger partial charge is 0.338 e. The summed E-state index contributed by atoms with van der Waals surface area (Å²) in [5.41, 5.74) is 2.69. The summed E-state index contributed by atoms with van der Waals surface area (Å²) in [4.78, 5) is 0. The van der Waals surface area contributed by atoms with Gasteiger partial charge in [0.05, 0.1) is 11.0 Å². The molecule has 0 unspecified atom stereocenters. The van der Waals surface area contributed by atoms with Crippen molar-refractivity contribution in [3.8, 4) is 0 Å². The molecule has 3 heteroatoms. The van der Waals surface area contributed by atoms with Gasteiger partial charge < -0.3 is 4.57 Å². The topological polar surface area (TPSA) is 4.93 Å². The molecule has 0 amide bonds. The van der Waals surface area contributed by atoms with Crippen LogP contribution in [-0.2, 0) is 0 Å². The second-order valence-corrected chi connectivity index (χ2v) is 10.6. The van der Waals surface area contributed by atoms with Crippen LogP contribution in [0.4, 0.5) is 0 Å². The Morgan fingerprint density at radius 1 is 0.533 bits per heavy atom. The van der Waals surface area contributed by atoms with Crippen molar-refractivity contribution in [1.29, 1.82) is 0 Å². The van der Waals surface area contributed by atoms with E-state index in [0.29, 0.717) is 6.04 Å². The third-order valence-electron chi connectivity index (χ3n) is 6.32. The minimum atomic E-state index is 0.398. The SMILES string of the molecule is CC(C)n1c2cc3c(cc2c2cc4sc5ccccc5c4cc21)sc1ccccc13. The number of hydrogen-bond acceptors (Lipinski definition) is 2. The monoisotopic (exact) mass is 421 g/mol. The smallest absolute Gasteiger partial charge is 0.0501 e. The molecule has 144 valence electrons. The van der Waals surface area contributed by atoms with Crippen LogP contribution in [0, 0.1) is 0 Å². The second-order valence-electron chi connectivity index (χ2n) is 8.39. The Balaban J connectivity index is 1.70. The van der Waals surface area contributed by atoms with E-state index in [2.05, 4.69) is 91.2 Å². The summed E-state index contributed by atoms with van der Waals surface area (Å²) in [7, 11) is 0. The fourth-order valence-corrected chi connectivity index (χ4v) is 7.29. The normalized spacial score (nSPS) is 12.6. The molecule has 0 aliphatic rings. The predicted octanol–water partition coefficient (Wildman–Crippen LogP) is 9.11. The highest BCUT2D eigenvalue weighted by Crippen LogP contribution is 2.43. The van der Waals surface area contributed by atoms with Crippen LogP contribution in [0.2, 0.25) is 0 Å². The molecule has 0 atom stereocenters. The predicted molar refractivity (Wildman–Crippen MR) is 136 cm³/mol. The first-order valence-corrected chi connectivity index (χ1v) is 12.0. The summed E-state index contributed by atoms with van der Waals surface area (Å²) in [6.45, 7) is 4.59. The number of thiophene rings is 2. The van der Waals surface area contributed by atoms with E-state index in [1.807, 2.05) is 22.7 Å². The lowest BCUT2D eigenvalue weighted by molar-refractivity contribution is 0.642. The standard InChI is InChI=1S/C27H19NS2/c1-15(2)28-22-11-20-16-7-3-5-9-24(16)29-26(20)13-18(22)19-14-27-21(12-23(19)28)17-8-4-6-10-25(17)30-27/h3-15H,1-2H3. The van der Waals surface area contributed by atoms with Crippen LogP contribution >= 0.6 is 22.7 Å². The lowest BCUT2D eigenvalue weighted by atomic mass is 10.1. The van der Waals surface area contributed by atoms with Crippen molar-refractivity contribution in [2.24, 2.45) is 0 Å². The molecule has 0 aliphatic heterocycles. The molecular formula is C27H19NS2. The molecule has 30 heavy (non-hydrogen) atoms. The van der Waals surface area contributed by atoms with Gasteiger partial charge in [0.15, 0.2) is 0 Å². The molecule has 0 fully saturated rings. The van der Waals surface area contributed by atoms with E-state index in [-0.39, 0.29) is 0 Å². The average molecular weight is 422 g/mol. The van der Waals surface area contributed by atoms with Crippen LogP contribution in [0.5, 0.6) is 0 Å². The average Bonchev–Trinajstić information content (AvgIpc) is 3.39. The van der Waals surface area contributed by atoms with E-state index < -0.39 is 0 Å². The fraction of sp³-hybridized carbons (Fsp3) is 0.111. The summed E-state index contributed by atoms with van der Waals surface area (Å²) in [5.74, 6) is 0. The van der Waals surface area contributed by atoms with Gasteiger partial charge in [-0.2, -0.15) is 0 Å². The molecular weight excluding hydrogens is 402 g/mol. The number of aromatic nitrogens is 1. The van der Waals surface area contributed by atoms with Crippen LogP contribution in [0.1, 0.15) is 19.9 Å². The molecule has 7 rings (SSSR count). The van der Waals surface area contributed by atoms with Gasteiger partial charge in [-0.3, -0.25) is 0 Å². The Hall–Kier alpha value is -2.88. The number of hydrogen-bond donors (Lipinski definition) is 0. The Morgan fingerprint density at radius 2 is 1.00 bits per heavy atom. The highest BCUT2D eigenvalue weighted by Gasteiger charge is 2.18. The van der Waals surface area contributed by atoms with Gasteiger partial charge in [0.2, 0.25) is 0 Å². The second kappa shape index (κ2) is 5.84. The molecule has 1 nitrogen and oxygen atoms in total. The zero-order valence-corrected chi connectivity index (χ0v) is 18.4. The highest BCUT2D eigenvalue weighted by molar-refractivity contribution is 7.26. The molecule has 0 aliphatic carbocycles. The number of fused-ring (bicyclic) bond motifs is 9. The quantitative estimate of drug-likeness (QED) is 0.249. The molecule has 0 N–H and O–H groups in total. The van der Waals surface area contributed by atoms with E-state index in [9.17, 15) is 0 Å². The summed E-state index contributed by atoms with van der Waals surface area (Å²) in [5, 5.41) is 8.23. The molecule has 4 aromatic carbocycles. The number of benzene rings is 4. The molecule has 0 bridgehead atoms. The minimum absolute atomic E-state index is 0.398. The van der Waals surface area contributed by atoms with Crippen molar-refractivity contribution in [3.05, 3.63) is 72.8 Å². The van der Waals surface area contributed by atoms with Gasteiger partial charge in [0.25, 0.3) is 0 Å². The Kier molecular flexibility index (Phi) is 3.28. The van der Waals surface area contributed by atoms with Gasteiger partial charge in [-0.15, -0.1) is 22.7 Å². The Bertz CT molecular complexity index is 1650. The third kappa shape index (κ3) is 2.12. The van der Waals surface area contributed by atoms with E-state index >= 15 is 0 Å². The van der Waals surface area contributed by atoms with Gasteiger partial charge in [-0.05, 0) is 50.2 Å². The summed E-state index contributed by atoms with van der Waals surface area (Å²) in [6, 6.07) is 27.7. The first-order chi connectivity index (χ1) is 14.7. The molecule has 0 spiro atoms. The zero-order valence-electron chi connectivity index (χ0n) is 16.8. The van der Waals surface area contributed by atoms with Crippen molar-refractivity contribution >= 4 is 84.8 Å². The van der Waals surface area contributed by atoms with Crippen molar-refractivity contribution in [3.63, 3.8) is 0 Å². The molecule has 3 aromatic heterocycles. The number of nitrogens with zero attached hydrogens (tertiary/aromatic N) is 1. The van der Waals surface area contributed by atoms with Crippen molar-refractivity contribution in [2.45, 2.75) is 19.9 Å². The molecule has 3 heterocycles. The van der Waals surface area contributed by atoms with Gasteiger partial charge in [0.1, 0.15) is 0 Å². The summed E-state index contributed by atoms with van der Waals surface area (Å²) >= 11 is 3.81. The fourth-order valence-electron chi connectivity index (χ4n) is 5.04. The zero-order chi connectivity index (χ0) is 20.0. The van der Waals surface area contributed by atoms with Gasteiger partial charge in [-0.1, -0.05) is 36.4 Å². The van der Waals surface area contributed by atoms with E-state index in [4.69, 9.17) is 0 Å². The molecule has 0 saturated heterocycles. The van der Waals surface area contributed by atoms with Crippen LogP contribution in [0.3, 0.4) is 0 Å². The molecule has 7 aromatic rings. The molecule has 0 radical (unpaired) electrons. The maximum Gasteiger partial charge on any atom is 0.0501 e. The first-order valence-electron chi connectivity index (χ1n) is 10.4. The maximum absolute atomic E-state index is 2.53. The minimum Gasteiger partial charge on any atom is -0.338 e. The van der Waals surface area contributed by atoms with Crippen LogP contribution in [-0.4, -0.2) is 4.57 Å². The van der Waals surface area contributed by atoms with E-state index in [0.717, 1.165) is 0 Å². The van der Waals surface area contributed by atoms with Crippen LogP contribution in [0.15, 0.2) is 72.8 Å². The number of rotatable bonds is 1. The highest BCUT2D eigenvalue weighted by atomic mass is 32.1. The van der Waals surface area contributed by atoms with Gasteiger partial charge in [-0.25, -0.2) is 0 Å². The van der Waals surface area contributed by atoms with E-state index in [1.54, 1.807) is 0 Å². The van der Waals surface area contributed by atoms with Crippen molar-refractivity contribution in [1.82, 2.24) is 4.57 Å². The lowest BCUT2D eigenvalue weighted by Crippen LogP contribution is -1.99. The third-order valence-corrected chi connectivity index (χ3v) is 8.58. The van der Waals surface area contributed by atoms with Gasteiger partial charge in [0, 0.05) is 57.2 Å². The van der Waals surface area contributed by atoms with Crippen molar-refractivity contribution in [2.75, 3.05) is 0 Å². The van der Waals surface area contributed by atoms with Crippen LogP contribution < -0.4 is 0 Å². The summed E-state index contributed by atoms with van der Waals surface area (Å²) < 4.78 is 8.02. The Morgan fingerprint density at radius 3 is 1.47 bits per heavy atom. The van der Waals surface area contributed by atoms with E-state index in [1.165, 1.54) is 62.2 Å². The lowest BCUT2D eigenvalue weighted by Gasteiger charge is -2.11. The van der Waals surface area contributed by atoms with Gasteiger partial charge >= 0.3 is 0 Å². The summed E-state index contributed by atoms with van der Waals surface area (Å²) in [6.07, 6.45) is 0. The van der Waals surface area contributed by atoms with Crippen molar-refractivity contribution < 1.29 is 0 Å². The maximum atomic E-state index is 2.53. The Labute approximate surface area is 181 Å².